The van der Waals surface area contributed by atoms with Crippen molar-refractivity contribution in [3.63, 3.8) is 0 Å². The topological polar surface area (TPSA) is 69.2 Å². The van der Waals surface area contributed by atoms with Crippen LogP contribution in [0.3, 0.4) is 0 Å². The van der Waals surface area contributed by atoms with Crippen LogP contribution in [-0.2, 0) is 0 Å². The largest absolute Gasteiger partial charge is 0.399 e. The third-order valence-corrected chi connectivity index (χ3v) is 1.42. The molecule has 0 fully saturated rings. The molecule has 1 aromatic carbocycles. The highest BCUT2D eigenvalue weighted by atomic mass is 16.6. The summed E-state index contributed by atoms with van der Waals surface area (Å²) in [6, 6.07) is 4.51. The number of hydrogen-bond donors (Lipinski definition) is 1. The van der Waals surface area contributed by atoms with Crippen molar-refractivity contribution in [1.29, 1.82) is 0 Å². The van der Waals surface area contributed by atoms with E-state index >= 15 is 0 Å². The van der Waals surface area contributed by atoms with Gasteiger partial charge in [-0.25, -0.2) is 0 Å². The molecule has 11 heavy (non-hydrogen) atoms. The number of benzene rings is 1. The van der Waals surface area contributed by atoms with E-state index in [0.717, 1.165) is 0 Å². The summed E-state index contributed by atoms with van der Waals surface area (Å²) in [4.78, 5) is 9.88. The predicted octanol–water partition coefficient (Wildman–Crippen LogP) is -0.565. The van der Waals surface area contributed by atoms with E-state index in [9.17, 15) is 10.1 Å². The SMILES string of the molecule is Bc1cc(N)ccc1[N+](=O)[O-]. The van der Waals surface area contributed by atoms with Gasteiger partial charge in [-0.05, 0) is 17.6 Å². The van der Waals surface area contributed by atoms with Crippen molar-refractivity contribution in [3.8, 4) is 0 Å². The summed E-state index contributed by atoms with van der Waals surface area (Å²) in [7, 11) is 1.66. The minimum absolute atomic E-state index is 0.110. The Labute approximate surface area is 64.6 Å². The standard InChI is InChI=1S/C6H7BN2O2/c7-5-3-4(8)1-2-6(5)9(10)11/h1-3H,7-8H2. The third-order valence-electron chi connectivity index (χ3n) is 1.42. The first-order valence-corrected chi connectivity index (χ1v) is 3.12. The summed E-state index contributed by atoms with van der Waals surface area (Å²) in [5, 5.41) is 10.3. The normalized spacial score (nSPS) is 9.45. The number of hydrogen-bond acceptors (Lipinski definition) is 3. The molecule has 0 saturated carbocycles. The van der Waals surface area contributed by atoms with E-state index in [2.05, 4.69) is 0 Å². The molecule has 2 N–H and O–H groups in total. The van der Waals surface area contributed by atoms with Crippen molar-refractivity contribution >= 4 is 24.7 Å². The Morgan fingerprint density at radius 1 is 1.55 bits per heavy atom. The highest BCUT2D eigenvalue weighted by molar-refractivity contribution is 6.35. The van der Waals surface area contributed by atoms with Gasteiger partial charge in [0.1, 0.15) is 7.85 Å². The average molecular weight is 150 g/mol. The van der Waals surface area contributed by atoms with Gasteiger partial charge in [0.05, 0.1) is 4.92 Å². The van der Waals surface area contributed by atoms with Crippen LogP contribution in [0, 0.1) is 10.1 Å². The number of nitro benzene ring substituents is 1. The zero-order chi connectivity index (χ0) is 8.43. The molecule has 0 aliphatic heterocycles. The molecule has 0 spiro atoms. The minimum Gasteiger partial charge on any atom is -0.399 e. The summed E-state index contributed by atoms with van der Waals surface area (Å²) in [6.07, 6.45) is 0. The van der Waals surface area contributed by atoms with Crippen LogP contribution >= 0.6 is 0 Å². The number of nitro groups is 1. The van der Waals surface area contributed by atoms with Gasteiger partial charge in [0.25, 0.3) is 5.69 Å². The second-order valence-electron chi connectivity index (χ2n) is 2.30. The molecule has 4 nitrogen and oxygen atoms in total. The summed E-state index contributed by atoms with van der Waals surface area (Å²) in [5.74, 6) is 0. The van der Waals surface area contributed by atoms with Crippen LogP contribution in [0.2, 0.25) is 0 Å². The molecule has 0 unspecified atom stereocenters. The van der Waals surface area contributed by atoms with Crippen LogP contribution < -0.4 is 11.2 Å². The van der Waals surface area contributed by atoms with Crippen LogP contribution in [0.4, 0.5) is 11.4 Å². The zero-order valence-electron chi connectivity index (χ0n) is 6.07. The second kappa shape index (κ2) is 2.61. The zero-order valence-corrected chi connectivity index (χ0v) is 6.07. The summed E-state index contributed by atoms with van der Waals surface area (Å²) in [5.41, 5.74) is 6.66. The predicted molar refractivity (Wildman–Crippen MR) is 45.7 cm³/mol. The first-order chi connectivity index (χ1) is 5.11. The molecule has 1 rings (SSSR count). The molecule has 0 heterocycles. The fourth-order valence-electron chi connectivity index (χ4n) is 0.884. The molecule has 0 aromatic heterocycles. The maximum Gasteiger partial charge on any atom is 0.263 e. The lowest BCUT2D eigenvalue weighted by Gasteiger charge is -1.96. The van der Waals surface area contributed by atoms with Crippen molar-refractivity contribution in [2.24, 2.45) is 0 Å². The van der Waals surface area contributed by atoms with Crippen LogP contribution in [0.5, 0.6) is 0 Å². The molecule has 0 aliphatic rings. The van der Waals surface area contributed by atoms with Gasteiger partial charge in [0, 0.05) is 11.8 Å². The van der Waals surface area contributed by atoms with E-state index in [0.29, 0.717) is 11.2 Å². The summed E-state index contributed by atoms with van der Waals surface area (Å²) >= 11 is 0. The minimum atomic E-state index is -0.422. The smallest absolute Gasteiger partial charge is 0.263 e. The van der Waals surface area contributed by atoms with E-state index in [1.54, 1.807) is 13.9 Å². The molecule has 1 aromatic rings. The van der Waals surface area contributed by atoms with Crippen LogP contribution in [0.1, 0.15) is 0 Å². The fourth-order valence-corrected chi connectivity index (χ4v) is 0.884. The molecule has 0 radical (unpaired) electrons. The molecule has 0 amide bonds. The quantitative estimate of drug-likeness (QED) is 0.252. The lowest BCUT2D eigenvalue weighted by Crippen LogP contribution is -2.09. The van der Waals surface area contributed by atoms with Crippen molar-refractivity contribution in [2.45, 2.75) is 0 Å². The van der Waals surface area contributed by atoms with Gasteiger partial charge >= 0.3 is 0 Å². The molecular weight excluding hydrogens is 143 g/mol. The van der Waals surface area contributed by atoms with E-state index in [1.165, 1.54) is 12.1 Å². The monoisotopic (exact) mass is 150 g/mol. The third kappa shape index (κ3) is 1.49. The molecule has 5 heteroatoms. The highest BCUT2D eigenvalue weighted by Crippen LogP contribution is 2.08. The maximum absolute atomic E-state index is 10.3. The number of nitrogens with two attached hydrogens (primary N) is 1. The first kappa shape index (κ1) is 7.59. The van der Waals surface area contributed by atoms with Crippen molar-refractivity contribution in [1.82, 2.24) is 0 Å². The Bertz CT molecular complexity index is 301. The average Bonchev–Trinajstić information content (AvgIpc) is 1.85. The fraction of sp³-hybridized carbons (Fsp3) is 0. The summed E-state index contributed by atoms with van der Waals surface area (Å²) in [6.45, 7) is 0. The van der Waals surface area contributed by atoms with E-state index in [-0.39, 0.29) is 5.69 Å². The Morgan fingerprint density at radius 2 is 2.18 bits per heavy atom. The molecule has 56 valence electrons. The molecule has 0 bridgehead atoms. The van der Waals surface area contributed by atoms with Crippen LogP contribution in [-0.4, -0.2) is 12.8 Å². The van der Waals surface area contributed by atoms with E-state index < -0.39 is 4.92 Å². The lowest BCUT2D eigenvalue weighted by molar-refractivity contribution is -0.383. The second-order valence-corrected chi connectivity index (χ2v) is 2.30. The Hall–Kier alpha value is -1.52. The summed E-state index contributed by atoms with van der Waals surface area (Å²) < 4.78 is 0. The van der Waals surface area contributed by atoms with Gasteiger partial charge < -0.3 is 5.73 Å². The lowest BCUT2D eigenvalue weighted by atomic mass is 9.94. The van der Waals surface area contributed by atoms with Gasteiger partial charge in [-0.3, -0.25) is 10.1 Å². The van der Waals surface area contributed by atoms with Crippen LogP contribution in [0.25, 0.3) is 0 Å². The Balaban J connectivity index is 3.20. The molecule has 0 aliphatic carbocycles. The highest BCUT2D eigenvalue weighted by Gasteiger charge is 2.07. The number of anilines is 1. The van der Waals surface area contributed by atoms with Gasteiger partial charge in [-0.2, -0.15) is 0 Å². The van der Waals surface area contributed by atoms with Crippen molar-refractivity contribution in [2.75, 3.05) is 5.73 Å². The number of rotatable bonds is 1. The van der Waals surface area contributed by atoms with Crippen LogP contribution in [0.15, 0.2) is 18.2 Å². The van der Waals surface area contributed by atoms with E-state index in [4.69, 9.17) is 5.73 Å². The molecular formula is C6H7BN2O2. The Morgan fingerprint density at radius 3 is 2.64 bits per heavy atom. The van der Waals surface area contributed by atoms with Crippen molar-refractivity contribution < 1.29 is 4.92 Å². The van der Waals surface area contributed by atoms with Gasteiger partial charge in [0.2, 0.25) is 0 Å². The number of nitrogens with zero attached hydrogens (tertiary/aromatic N) is 1. The van der Waals surface area contributed by atoms with E-state index in [1.807, 2.05) is 0 Å². The van der Waals surface area contributed by atoms with Gasteiger partial charge in [0.15, 0.2) is 0 Å². The molecule has 0 atom stereocenters. The first-order valence-electron chi connectivity index (χ1n) is 3.12. The Kier molecular flexibility index (Phi) is 1.80. The van der Waals surface area contributed by atoms with Gasteiger partial charge in [-0.15, -0.1) is 0 Å². The molecule has 0 saturated heterocycles. The van der Waals surface area contributed by atoms with Gasteiger partial charge in [-0.1, -0.05) is 0 Å². The maximum atomic E-state index is 10.3. The number of nitrogen functional groups attached to an aromatic ring is 1. The van der Waals surface area contributed by atoms with Crippen molar-refractivity contribution in [3.05, 3.63) is 28.3 Å².